The van der Waals surface area contributed by atoms with Gasteiger partial charge in [0.15, 0.2) is 0 Å². The van der Waals surface area contributed by atoms with Crippen molar-refractivity contribution >= 4 is 12.1 Å². The Bertz CT molecular complexity index is 381. The van der Waals surface area contributed by atoms with Crippen molar-refractivity contribution in [2.45, 2.75) is 65.1 Å². The zero-order chi connectivity index (χ0) is 15.7. The Morgan fingerprint density at radius 1 is 1.40 bits per heavy atom. The number of carbonyl (C=O) groups excluding carboxylic acids is 1. The largest absolute Gasteiger partial charge is 0.481 e. The zero-order valence-electron chi connectivity index (χ0n) is 13.0. The molecule has 1 saturated carbocycles. The Kier molecular flexibility index (Phi) is 4.69. The topological polar surface area (TPSA) is 92.9 Å². The SMILES string of the molecule is CC(C)N(CC1(C(=O)O)CC(N)C1)C(=O)OC(C)(C)C. The van der Waals surface area contributed by atoms with Gasteiger partial charge < -0.3 is 20.5 Å². The summed E-state index contributed by atoms with van der Waals surface area (Å²) in [5.41, 5.74) is 4.19. The highest BCUT2D eigenvalue weighted by atomic mass is 16.6. The van der Waals surface area contributed by atoms with E-state index in [4.69, 9.17) is 10.5 Å². The first-order valence-corrected chi connectivity index (χ1v) is 6.95. The number of hydrogen-bond acceptors (Lipinski definition) is 4. The maximum absolute atomic E-state index is 12.2. The molecule has 0 spiro atoms. The molecule has 6 heteroatoms. The van der Waals surface area contributed by atoms with E-state index in [1.54, 1.807) is 20.8 Å². The monoisotopic (exact) mass is 286 g/mol. The van der Waals surface area contributed by atoms with E-state index in [0.717, 1.165) is 0 Å². The number of hydrogen-bond donors (Lipinski definition) is 2. The molecule has 0 aromatic heterocycles. The molecule has 1 aliphatic carbocycles. The lowest BCUT2D eigenvalue weighted by atomic mass is 9.65. The summed E-state index contributed by atoms with van der Waals surface area (Å²) in [7, 11) is 0. The summed E-state index contributed by atoms with van der Waals surface area (Å²) in [6.45, 7) is 9.19. The predicted octanol–water partition coefficient (Wildman–Crippen LogP) is 1.82. The van der Waals surface area contributed by atoms with Gasteiger partial charge >= 0.3 is 12.1 Å². The van der Waals surface area contributed by atoms with Gasteiger partial charge in [0.05, 0.1) is 5.41 Å². The first-order chi connectivity index (χ1) is 8.97. The lowest BCUT2D eigenvalue weighted by molar-refractivity contribution is -0.157. The van der Waals surface area contributed by atoms with Crippen LogP contribution in [0.5, 0.6) is 0 Å². The first-order valence-electron chi connectivity index (χ1n) is 6.95. The summed E-state index contributed by atoms with van der Waals surface area (Å²) in [5.74, 6) is -0.895. The van der Waals surface area contributed by atoms with Gasteiger partial charge in [-0.15, -0.1) is 0 Å². The number of nitrogens with two attached hydrogens (primary N) is 1. The van der Waals surface area contributed by atoms with Crippen molar-refractivity contribution in [3.05, 3.63) is 0 Å². The highest BCUT2D eigenvalue weighted by molar-refractivity contribution is 5.78. The van der Waals surface area contributed by atoms with Gasteiger partial charge in [-0.05, 0) is 47.5 Å². The van der Waals surface area contributed by atoms with Crippen LogP contribution in [0.15, 0.2) is 0 Å². The van der Waals surface area contributed by atoms with Crippen LogP contribution in [0.1, 0.15) is 47.5 Å². The second-order valence-electron chi connectivity index (χ2n) is 6.96. The lowest BCUT2D eigenvalue weighted by Gasteiger charge is -2.46. The van der Waals surface area contributed by atoms with Crippen molar-refractivity contribution < 1.29 is 19.4 Å². The second-order valence-corrected chi connectivity index (χ2v) is 6.96. The number of carboxylic acid groups (broad SMARTS) is 1. The van der Waals surface area contributed by atoms with E-state index < -0.39 is 23.1 Å². The second kappa shape index (κ2) is 5.60. The van der Waals surface area contributed by atoms with Crippen LogP contribution in [0.25, 0.3) is 0 Å². The third-order valence-corrected chi connectivity index (χ3v) is 3.48. The summed E-state index contributed by atoms with van der Waals surface area (Å²) < 4.78 is 5.35. The molecule has 0 aromatic carbocycles. The zero-order valence-corrected chi connectivity index (χ0v) is 13.0. The molecule has 1 amide bonds. The average Bonchev–Trinajstić information content (AvgIpc) is 2.18. The van der Waals surface area contributed by atoms with Gasteiger partial charge in [0.25, 0.3) is 0 Å². The normalized spacial score (nSPS) is 26.1. The first kappa shape index (κ1) is 16.8. The molecule has 0 radical (unpaired) electrons. The highest BCUT2D eigenvalue weighted by Crippen LogP contribution is 2.41. The highest BCUT2D eigenvalue weighted by Gasteiger charge is 2.51. The number of aliphatic carboxylic acids is 1. The van der Waals surface area contributed by atoms with Crippen molar-refractivity contribution in [2.24, 2.45) is 11.1 Å². The Labute approximate surface area is 120 Å². The average molecular weight is 286 g/mol. The van der Waals surface area contributed by atoms with E-state index in [1.165, 1.54) is 4.90 Å². The molecule has 0 saturated heterocycles. The molecule has 1 fully saturated rings. The summed E-state index contributed by atoms with van der Waals surface area (Å²) in [4.78, 5) is 25.2. The Morgan fingerprint density at radius 3 is 2.20 bits per heavy atom. The van der Waals surface area contributed by atoms with Gasteiger partial charge in [0.2, 0.25) is 0 Å². The fourth-order valence-electron chi connectivity index (χ4n) is 2.42. The number of carboxylic acids is 1. The minimum atomic E-state index is -0.930. The van der Waals surface area contributed by atoms with Crippen LogP contribution in [0, 0.1) is 5.41 Å². The third-order valence-electron chi connectivity index (χ3n) is 3.48. The maximum atomic E-state index is 12.2. The molecular weight excluding hydrogens is 260 g/mol. The van der Waals surface area contributed by atoms with E-state index >= 15 is 0 Å². The number of rotatable bonds is 4. The van der Waals surface area contributed by atoms with E-state index in [0.29, 0.717) is 12.8 Å². The van der Waals surface area contributed by atoms with Gasteiger partial charge in [-0.2, -0.15) is 0 Å². The van der Waals surface area contributed by atoms with E-state index in [9.17, 15) is 14.7 Å². The molecule has 0 aliphatic heterocycles. The van der Waals surface area contributed by atoms with Crippen LogP contribution in [0.2, 0.25) is 0 Å². The van der Waals surface area contributed by atoms with Gasteiger partial charge in [0, 0.05) is 18.6 Å². The van der Waals surface area contributed by atoms with Gasteiger partial charge in [0.1, 0.15) is 5.60 Å². The number of amides is 1. The molecule has 0 heterocycles. The predicted molar refractivity (Wildman–Crippen MR) is 75.4 cm³/mol. The Hall–Kier alpha value is -1.30. The van der Waals surface area contributed by atoms with Crippen molar-refractivity contribution in [3.8, 4) is 0 Å². The standard InChI is InChI=1S/C14H26N2O4/c1-9(2)16(12(19)20-13(3,4)5)8-14(11(17)18)6-10(15)7-14/h9-10H,6-8,15H2,1-5H3,(H,17,18). The van der Waals surface area contributed by atoms with E-state index in [1.807, 2.05) is 13.8 Å². The molecule has 0 bridgehead atoms. The van der Waals surface area contributed by atoms with Gasteiger partial charge in [-0.3, -0.25) is 4.79 Å². The smallest absolute Gasteiger partial charge is 0.410 e. The fourth-order valence-corrected chi connectivity index (χ4v) is 2.42. The van der Waals surface area contributed by atoms with E-state index in [2.05, 4.69) is 0 Å². The van der Waals surface area contributed by atoms with Crippen LogP contribution in [-0.4, -0.2) is 46.3 Å². The summed E-state index contributed by atoms with van der Waals surface area (Å²) in [6, 6.07) is -0.225. The summed E-state index contributed by atoms with van der Waals surface area (Å²) >= 11 is 0. The number of ether oxygens (including phenoxy) is 1. The van der Waals surface area contributed by atoms with Crippen LogP contribution >= 0.6 is 0 Å². The molecule has 3 N–H and O–H groups in total. The minimum absolute atomic E-state index is 0.0984. The molecule has 1 aliphatic rings. The summed E-state index contributed by atoms with van der Waals surface area (Å²) in [6.07, 6.45) is 0.316. The lowest BCUT2D eigenvalue weighted by Crippen LogP contribution is -2.58. The number of nitrogens with zero attached hydrogens (tertiary/aromatic N) is 1. The third kappa shape index (κ3) is 3.85. The van der Waals surface area contributed by atoms with Crippen LogP contribution < -0.4 is 5.73 Å². The van der Waals surface area contributed by atoms with Crippen LogP contribution in [0.3, 0.4) is 0 Å². The van der Waals surface area contributed by atoms with Gasteiger partial charge in [-0.25, -0.2) is 4.79 Å². The number of carbonyl (C=O) groups is 2. The molecular formula is C14H26N2O4. The summed E-state index contributed by atoms with van der Waals surface area (Å²) in [5, 5.41) is 9.41. The molecule has 0 atom stereocenters. The molecule has 6 nitrogen and oxygen atoms in total. The molecule has 20 heavy (non-hydrogen) atoms. The molecule has 0 unspecified atom stereocenters. The van der Waals surface area contributed by atoms with Crippen molar-refractivity contribution in [1.29, 1.82) is 0 Å². The van der Waals surface area contributed by atoms with Crippen LogP contribution in [0.4, 0.5) is 4.79 Å². The van der Waals surface area contributed by atoms with Crippen molar-refractivity contribution in [1.82, 2.24) is 4.90 Å². The van der Waals surface area contributed by atoms with Crippen molar-refractivity contribution in [2.75, 3.05) is 6.54 Å². The Balaban J connectivity index is 2.82. The van der Waals surface area contributed by atoms with E-state index in [-0.39, 0.29) is 18.6 Å². The fraction of sp³-hybridized carbons (Fsp3) is 0.857. The minimum Gasteiger partial charge on any atom is -0.481 e. The molecule has 0 aromatic rings. The Morgan fingerprint density at radius 2 is 1.90 bits per heavy atom. The van der Waals surface area contributed by atoms with Gasteiger partial charge in [-0.1, -0.05) is 0 Å². The quantitative estimate of drug-likeness (QED) is 0.822. The molecule has 116 valence electrons. The maximum Gasteiger partial charge on any atom is 0.410 e. The molecule has 1 rings (SSSR count). The van der Waals surface area contributed by atoms with Crippen molar-refractivity contribution in [3.63, 3.8) is 0 Å². The van der Waals surface area contributed by atoms with Crippen LogP contribution in [-0.2, 0) is 9.53 Å².